The van der Waals surface area contributed by atoms with Crippen LogP contribution in [-0.4, -0.2) is 28.6 Å². The first-order chi connectivity index (χ1) is 17.0. The molecule has 3 aromatic rings. The molecule has 5 N–H and O–H groups in total. The SMILES string of the molecule is Cc1ccc(C)c(N(C(=O)c2snc(C(N)=O)c2N)C(C(=O)NCCC(C)C)c2ccc(F)cc2)c1. The molecule has 190 valence electrons. The summed E-state index contributed by atoms with van der Waals surface area (Å²) in [6.07, 6.45) is 0.739. The fourth-order valence-electron chi connectivity index (χ4n) is 3.73. The fraction of sp³-hybridized carbons (Fsp3) is 0.308. The molecule has 3 rings (SSSR count). The normalized spacial score (nSPS) is 11.8. The number of halogens is 1. The van der Waals surface area contributed by atoms with Gasteiger partial charge in [0, 0.05) is 12.2 Å². The van der Waals surface area contributed by atoms with Crippen LogP contribution in [0.4, 0.5) is 15.8 Å². The van der Waals surface area contributed by atoms with E-state index in [9.17, 15) is 18.8 Å². The molecular weight excluding hydrogens is 481 g/mol. The van der Waals surface area contributed by atoms with Crippen LogP contribution in [0.3, 0.4) is 0 Å². The Morgan fingerprint density at radius 2 is 1.78 bits per heavy atom. The Hall–Kier alpha value is -3.79. The average molecular weight is 512 g/mol. The first-order valence-corrected chi connectivity index (χ1v) is 12.3. The van der Waals surface area contributed by atoms with Gasteiger partial charge in [-0.1, -0.05) is 38.1 Å². The number of benzene rings is 2. The zero-order valence-corrected chi connectivity index (χ0v) is 21.5. The molecule has 0 saturated carbocycles. The van der Waals surface area contributed by atoms with Crippen LogP contribution < -0.4 is 21.7 Å². The highest BCUT2D eigenvalue weighted by molar-refractivity contribution is 7.09. The van der Waals surface area contributed by atoms with Gasteiger partial charge in [0.25, 0.3) is 11.8 Å². The maximum atomic E-state index is 14.0. The summed E-state index contributed by atoms with van der Waals surface area (Å²) in [4.78, 5) is 40.7. The number of nitrogen functional groups attached to an aromatic ring is 1. The molecule has 1 unspecified atom stereocenters. The number of carbonyl (C=O) groups excluding carboxylic acids is 3. The minimum atomic E-state index is -1.15. The van der Waals surface area contributed by atoms with Gasteiger partial charge in [0.2, 0.25) is 5.91 Å². The van der Waals surface area contributed by atoms with E-state index in [4.69, 9.17) is 11.5 Å². The van der Waals surface area contributed by atoms with E-state index < -0.39 is 29.6 Å². The molecule has 0 saturated heterocycles. The van der Waals surface area contributed by atoms with E-state index in [1.165, 1.54) is 29.2 Å². The number of hydrogen-bond donors (Lipinski definition) is 3. The van der Waals surface area contributed by atoms with Gasteiger partial charge in [0.05, 0.1) is 5.69 Å². The van der Waals surface area contributed by atoms with Crippen molar-refractivity contribution in [3.63, 3.8) is 0 Å². The van der Waals surface area contributed by atoms with Crippen molar-refractivity contribution in [2.24, 2.45) is 11.7 Å². The number of nitrogens with zero attached hydrogens (tertiary/aromatic N) is 2. The van der Waals surface area contributed by atoms with Gasteiger partial charge in [-0.2, -0.15) is 4.37 Å². The molecular formula is C26H30FN5O3S. The highest BCUT2D eigenvalue weighted by Crippen LogP contribution is 2.35. The van der Waals surface area contributed by atoms with E-state index >= 15 is 0 Å². The van der Waals surface area contributed by atoms with Gasteiger partial charge in [0.1, 0.15) is 16.7 Å². The highest BCUT2D eigenvalue weighted by atomic mass is 32.1. The Bertz CT molecular complexity index is 1270. The zero-order valence-electron chi connectivity index (χ0n) is 20.7. The number of carbonyl (C=O) groups is 3. The molecule has 8 nitrogen and oxygen atoms in total. The topological polar surface area (TPSA) is 131 Å². The van der Waals surface area contributed by atoms with Gasteiger partial charge in [-0.3, -0.25) is 19.3 Å². The van der Waals surface area contributed by atoms with E-state index in [2.05, 4.69) is 9.69 Å². The summed E-state index contributed by atoms with van der Waals surface area (Å²) in [5.41, 5.74) is 13.6. The number of aromatic nitrogens is 1. The van der Waals surface area contributed by atoms with Crippen LogP contribution in [0.5, 0.6) is 0 Å². The highest BCUT2D eigenvalue weighted by Gasteiger charge is 2.36. The average Bonchev–Trinajstić information content (AvgIpc) is 3.21. The van der Waals surface area contributed by atoms with Crippen LogP contribution >= 0.6 is 11.5 Å². The van der Waals surface area contributed by atoms with Gasteiger partial charge in [0.15, 0.2) is 5.69 Å². The van der Waals surface area contributed by atoms with Gasteiger partial charge >= 0.3 is 0 Å². The number of nitrogens with two attached hydrogens (primary N) is 2. The molecule has 2 aromatic carbocycles. The number of anilines is 2. The smallest absolute Gasteiger partial charge is 0.273 e. The second-order valence-electron chi connectivity index (χ2n) is 9.03. The lowest BCUT2D eigenvalue weighted by atomic mass is 10.00. The summed E-state index contributed by atoms with van der Waals surface area (Å²) < 4.78 is 17.7. The lowest BCUT2D eigenvalue weighted by molar-refractivity contribution is -0.122. The Kier molecular flexibility index (Phi) is 8.41. The van der Waals surface area contributed by atoms with Crippen LogP contribution in [0.25, 0.3) is 0 Å². The first kappa shape index (κ1) is 26.8. The molecule has 1 atom stereocenters. The molecule has 0 spiro atoms. The molecule has 1 aromatic heterocycles. The molecule has 3 amide bonds. The third kappa shape index (κ3) is 5.88. The molecule has 0 bridgehead atoms. The van der Waals surface area contributed by atoms with Crippen molar-refractivity contribution in [2.45, 2.75) is 40.2 Å². The number of rotatable bonds is 9. The number of amides is 3. The second-order valence-corrected chi connectivity index (χ2v) is 9.80. The van der Waals surface area contributed by atoms with E-state index in [-0.39, 0.29) is 16.3 Å². The Morgan fingerprint density at radius 3 is 2.36 bits per heavy atom. The molecule has 0 radical (unpaired) electrons. The summed E-state index contributed by atoms with van der Waals surface area (Å²) in [6.45, 7) is 8.17. The largest absolute Gasteiger partial charge is 0.395 e. The van der Waals surface area contributed by atoms with Crippen molar-refractivity contribution >= 4 is 40.6 Å². The van der Waals surface area contributed by atoms with Crippen LogP contribution in [0.15, 0.2) is 42.5 Å². The minimum Gasteiger partial charge on any atom is -0.395 e. The minimum absolute atomic E-state index is 0.0215. The van der Waals surface area contributed by atoms with Crippen LogP contribution in [0, 0.1) is 25.6 Å². The molecule has 0 aliphatic carbocycles. The zero-order chi connectivity index (χ0) is 26.6. The van der Waals surface area contributed by atoms with Gasteiger partial charge < -0.3 is 16.8 Å². The molecule has 1 heterocycles. The van der Waals surface area contributed by atoms with Gasteiger partial charge in [-0.05, 0) is 72.6 Å². The lowest BCUT2D eigenvalue weighted by Crippen LogP contribution is -2.44. The van der Waals surface area contributed by atoms with E-state index in [0.717, 1.165) is 29.1 Å². The molecule has 0 fully saturated rings. The third-order valence-corrected chi connectivity index (χ3v) is 6.56. The summed E-state index contributed by atoms with van der Waals surface area (Å²) in [7, 11) is 0. The number of primary amides is 1. The van der Waals surface area contributed by atoms with E-state index in [0.29, 0.717) is 23.7 Å². The van der Waals surface area contributed by atoms with E-state index in [1.807, 2.05) is 39.8 Å². The van der Waals surface area contributed by atoms with Crippen molar-refractivity contribution in [3.05, 3.63) is 75.5 Å². The van der Waals surface area contributed by atoms with Crippen molar-refractivity contribution in [3.8, 4) is 0 Å². The molecule has 36 heavy (non-hydrogen) atoms. The Morgan fingerprint density at radius 1 is 1.11 bits per heavy atom. The van der Waals surface area contributed by atoms with Crippen molar-refractivity contribution in [1.29, 1.82) is 0 Å². The van der Waals surface area contributed by atoms with Gasteiger partial charge in [-0.15, -0.1) is 0 Å². The Balaban J connectivity index is 2.21. The van der Waals surface area contributed by atoms with Crippen LogP contribution in [0.2, 0.25) is 0 Å². The standard InChI is InChI=1S/C26H30FN5O3S/c1-14(2)11-12-30-25(34)22(17-7-9-18(27)10-8-17)32(19-13-15(3)5-6-16(19)4)26(35)23-20(28)21(24(29)33)31-36-23/h5-10,13-14,22H,11-12,28H2,1-4H3,(H2,29,33)(H,30,34). The Labute approximate surface area is 213 Å². The van der Waals surface area contributed by atoms with Crippen LogP contribution in [-0.2, 0) is 4.79 Å². The van der Waals surface area contributed by atoms with Crippen molar-refractivity contribution < 1.29 is 18.8 Å². The lowest BCUT2D eigenvalue weighted by Gasteiger charge is -2.32. The second kappa shape index (κ2) is 11.3. The summed E-state index contributed by atoms with van der Waals surface area (Å²) in [5.74, 6) is -2.03. The molecule has 0 aliphatic rings. The maximum absolute atomic E-state index is 14.0. The molecule has 0 aliphatic heterocycles. The maximum Gasteiger partial charge on any atom is 0.273 e. The number of nitrogens with one attached hydrogen (secondary N) is 1. The third-order valence-electron chi connectivity index (χ3n) is 5.71. The molecule has 10 heteroatoms. The van der Waals surface area contributed by atoms with Crippen molar-refractivity contribution in [2.75, 3.05) is 17.2 Å². The predicted molar refractivity (Wildman–Crippen MR) is 139 cm³/mol. The number of hydrogen-bond acceptors (Lipinski definition) is 6. The van der Waals surface area contributed by atoms with Gasteiger partial charge in [-0.25, -0.2) is 4.39 Å². The monoisotopic (exact) mass is 511 g/mol. The quantitative estimate of drug-likeness (QED) is 0.397. The fourth-order valence-corrected chi connectivity index (χ4v) is 4.47. The summed E-state index contributed by atoms with van der Waals surface area (Å²) >= 11 is 0.735. The summed E-state index contributed by atoms with van der Waals surface area (Å²) in [6, 6.07) is 9.79. The number of aryl methyl sites for hydroxylation is 2. The van der Waals surface area contributed by atoms with Crippen LogP contribution in [0.1, 0.15) is 63.2 Å². The first-order valence-electron chi connectivity index (χ1n) is 11.5. The van der Waals surface area contributed by atoms with Crippen molar-refractivity contribution in [1.82, 2.24) is 9.69 Å². The summed E-state index contributed by atoms with van der Waals surface area (Å²) in [5, 5.41) is 2.91. The van der Waals surface area contributed by atoms with E-state index in [1.54, 1.807) is 6.07 Å². The predicted octanol–water partition coefficient (Wildman–Crippen LogP) is 4.13.